The summed E-state index contributed by atoms with van der Waals surface area (Å²) in [5, 5.41) is 4.52. The number of hydrogen-bond acceptors (Lipinski definition) is 4. The number of carbonyl (C=O) groups is 1. The molecule has 0 unspecified atom stereocenters. The molecule has 4 heteroatoms. The minimum Gasteiger partial charge on any atom is -0.458 e. The van der Waals surface area contributed by atoms with Gasteiger partial charge in [0.2, 0.25) is 0 Å². The van der Waals surface area contributed by atoms with E-state index in [1.807, 2.05) is 19.1 Å². The molecule has 0 aliphatic rings. The lowest BCUT2D eigenvalue weighted by Crippen LogP contribution is -2.43. The van der Waals surface area contributed by atoms with Crippen LogP contribution in [-0.2, 0) is 16.1 Å². The van der Waals surface area contributed by atoms with Crippen molar-refractivity contribution < 1.29 is 11.0 Å². The Hall–Kier alpha value is -1.94. The predicted octanol–water partition coefficient (Wildman–Crippen LogP) is 5.11. The van der Waals surface area contributed by atoms with Gasteiger partial charge in [-0.15, -0.1) is 0 Å². The van der Waals surface area contributed by atoms with Crippen LogP contribution in [0.1, 0.15) is 60.9 Å². The number of nitrogens with one attached hydrogen (secondary N) is 1. The second-order valence-corrected chi connectivity index (χ2v) is 7.67. The van der Waals surface area contributed by atoms with Gasteiger partial charge in [0.25, 0.3) is 0 Å². The molecule has 1 aromatic carbocycles. The normalized spacial score (nSPS) is 13.2. The molecule has 1 atom stereocenters. The molecule has 4 nitrogen and oxygen atoms in total. The number of fused-ring (bicyclic) bond motifs is 1. The Balaban J connectivity index is 0.00000364. The molecule has 0 aliphatic heterocycles. The molecule has 0 saturated heterocycles. The van der Waals surface area contributed by atoms with E-state index >= 15 is 0 Å². The molecule has 2 aromatic rings. The highest BCUT2D eigenvalue weighted by molar-refractivity contribution is 5.79. The van der Waals surface area contributed by atoms with Gasteiger partial charge < -0.3 is 10.1 Å². The number of aromatic nitrogens is 1. The van der Waals surface area contributed by atoms with Gasteiger partial charge in [0, 0.05) is 19.6 Å². The third kappa shape index (κ3) is 5.53. The summed E-state index contributed by atoms with van der Waals surface area (Å²) in [7, 11) is 0. The largest absolute Gasteiger partial charge is 0.458 e. The van der Waals surface area contributed by atoms with E-state index in [0.717, 1.165) is 35.7 Å². The molecule has 1 N–H and O–H groups in total. The van der Waals surface area contributed by atoms with Gasteiger partial charge in [-0.1, -0.05) is 39.8 Å². The number of carbonyl (C=O) groups excluding carboxylic acids is 1. The summed E-state index contributed by atoms with van der Waals surface area (Å²) in [6.45, 7) is 11.0. The lowest BCUT2D eigenvalue weighted by molar-refractivity contribution is -0.162. The minimum absolute atomic E-state index is 0. The second-order valence-electron chi connectivity index (χ2n) is 7.67. The van der Waals surface area contributed by atoms with Gasteiger partial charge in [0.05, 0.1) is 5.52 Å². The van der Waals surface area contributed by atoms with Crippen LogP contribution < -0.4 is 5.32 Å². The molecule has 1 heterocycles. The first-order valence-corrected chi connectivity index (χ1v) is 9.66. The first-order valence-electron chi connectivity index (χ1n) is 9.66. The standard InChI is InChI=1S/C22H32N2O2.H2/c1-6-22(5,7-2)26-21(25)20(13-16(3)4)24-15-17-10-11-19-18(14-17)9-8-12-23-19;/h8-12,14,16,20,24H,6-7,13,15H2,1-5H3;1H/t20-;/m0./s1. The molecule has 0 saturated carbocycles. The smallest absolute Gasteiger partial charge is 0.323 e. The topological polar surface area (TPSA) is 51.2 Å². The van der Waals surface area contributed by atoms with Crippen molar-refractivity contribution in [1.29, 1.82) is 0 Å². The Labute approximate surface area is 158 Å². The summed E-state index contributed by atoms with van der Waals surface area (Å²) in [6, 6.07) is 9.90. The predicted molar refractivity (Wildman–Crippen MR) is 109 cm³/mol. The maximum atomic E-state index is 12.8. The third-order valence-electron chi connectivity index (χ3n) is 5.05. The molecule has 1 aromatic heterocycles. The molecule has 0 amide bonds. The number of nitrogens with zero attached hydrogens (tertiary/aromatic N) is 1. The van der Waals surface area contributed by atoms with E-state index in [2.05, 4.69) is 56.2 Å². The van der Waals surface area contributed by atoms with Crippen LogP contribution >= 0.6 is 0 Å². The zero-order valence-electron chi connectivity index (χ0n) is 16.7. The Bertz CT molecular complexity index is 729. The van der Waals surface area contributed by atoms with Gasteiger partial charge in [-0.05, 0) is 55.9 Å². The van der Waals surface area contributed by atoms with Gasteiger partial charge in [-0.25, -0.2) is 0 Å². The second kappa shape index (κ2) is 9.13. The van der Waals surface area contributed by atoms with Crippen LogP contribution in [0.4, 0.5) is 0 Å². The molecular formula is C22H34N2O2. The first-order chi connectivity index (χ1) is 12.4. The average Bonchev–Trinajstić information content (AvgIpc) is 2.64. The van der Waals surface area contributed by atoms with Crippen LogP contribution in [0.2, 0.25) is 0 Å². The first kappa shape index (κ1) is 20.4. The van der Waals surface area contributed by atoms with Gasteiger partial charge in [0.15, 0.2) is 0 Å². The zero-order chi connectivity index (χ0) is 19.2. The monoisotopic (exact) mass is 358 g/mol. The maximum Gasteiger partial charge on any atom is 0.323 e. The Morgan fingerprint density at radius 3 is 2.65 bits per heavy atom. The van der Waals surface area contributed by atoms with Gasteiger partial charge >= 0.3 is 5.97 Å². The Morgan fingerprint density at radius 2 is 2.00 bits per heavy atom. The average molecular weight is 359 g/mol. The van der Waals surface area contributed by atoms with E-state index in [1.54, 1.807) is 6.20 Å². The molecular weight excluding hydrogens is 324 g/mol. The molecule has 0 radical (unpaired) electrons. The quantitative estimate of drug-likeness (QED) is 0.633. The Morgan fingerprint density at radius 1 is 1.27 bits per heavy atom. The Kier molecular flexibility index (Phi) is 7.15. The van der Waals surface area contributed by atoms with Crippen molar-refractivity contribution in [2.45, 2.75) is 72.1 Å². The van der Waals surface area contributed by atoms with Crippen molar-refractivity contribution in [3.63, 3.8) is 0 Å². The number of benzene rings is 1. The van der Waals surface area contributed by atoms with Crippen LogP contribution in [0, 0.1) is 5.92 Å². The summed E-state index contributed by atoms with van der Waals surface area (Å²) in [6.07, 6.45) is 4.20. The van der Waals surface area contributed by atoms with E-state index in [1.165, 1.54) is 0 Å². The third-order valence-corrected chi connectivity index (χ3v) is 5.05. The number of rotatable bonds is 9. The number of esters is 1. The van der Waals surface area contributed by atoms with E-state index in [0.29, 0.717) is 12.5 Å². The van der Waals surface area contributed by atoms with Crippen LogP contribution in [0.5, 0.6) is 0 Å². The molecule has 0 bridgehead atoms. The lowest BCUT2D eigenvalue weighted by Gasteiger charge is -2.30. The highest BCUT2D eigenvalue weighted by atomic mass is 16.6. The van der Waals surface area contributed by atoms with Crippen molar-refractivity contribution >= 4 is 16.9 Å². The van der Waals surface area contributed by atoms with E-state index < -0.39 is 0 Å². The van der Waals surface area contributed by atoms with Crippen LogP contribution in [0.15, 0.2) is 36.5 Å². The molecule has 0 fully saturated rings. The van der Waals surface area contributed by atoms with Gasteiger partial charge in [-0.3, -0.25) is 9.78 Å². The van der Waals surface area contributed by atoms with E-state index in [-0.39, 0.29) is 19.0 Å². The minimum atomic E-state index is -0.386. The molecule has 2 rings (SSSR count). The molecule has 0 aliphatic carbocycles. The van der Waals surface area contributed by atoms with E-state index in [4.69, 9.17) is 4.74 Å². The molecule has 26 heavy (non-hydrogen) atoms. The van der Waals surface area contributed by atoms with Gasteiger partial charge in [0.1, 0.15) is 11.6 Å². The summed E-state index contributed by atoms with van der Waals surface area (Å²) in [5.41, 5.74) is 1.74. The number of hydrogen-bond donors (Lipinski definition) is 1. The van der Waals surface area contributed by atoms with Crippen LogP contribution in [0.25, 0.3) is 10.9 Å². The molecule has 0 spiro atoms. The lowest BCUT2D eigenvalue weighted by atomic mass is 9.99. The van der Waals surface area contributed by atoms with Crippen molar-refractivity contribution in [2.24, 2.45) is 5.92 Å². The van der Waals surface area contributed by atoms with Crippen molar-refractivity contribution in [3.05, 3.63) is 42.1 Å². The SMILES string of the molecule is CCC(C)(CC)OC(=O)[C@H](CC(C)C)NCc1ccc2ncccc2c1.[HH]. The maximum absolute atomic E-state index is 12.8. The summed E-state index contributed by atoms with van der Waals surface area (Å²) in [5.74, 6) is 0.266. The highest BCUT2D eigenvalue weighted by Gasteiger charge is 2.29. The fraction of sp³-hybridized carbons (Fsp3) is 0.545. The van der Waals surface area contributed by atoms with Crippen molar-refractivity contribution in [3.8, 4) is 0 Å². The zero-order valence-corrected chi connectivity index (χ0v) is 16.7. The number of ether oxygens (including phenoxy) is 1. The fourth-order valence-electron chi connectivity index (χ4n) is 2.92. The van der Waals surface area contributed by atoms with Crippen LogP contribution in [0.3, 0.4) is 0 Å². The van der Waals surface area contributed by atoms with Crippen molar-refractivity contribution in [2.75, 3.05) is 0 Å². The number of pyridine rings is 1. The molecule has 144 valence electrons. The van der Waals surface area contributed by atoms with E-state index in [9.17, 15) is 4.79 Å². The summed E-state index contributed by atoms with van der Waals surface area (Å²) >= 11 is 0. The van der Waals surface area contributed by atoms with Crippen LogP contribution in [-0.4, -0.2) is 22.6 Å². The fourth-order valence-corrected chi connectivity index (χ4v) is 2.92. The summed E-state index contributed by atoms with van der Waals surface area (Å²) in [4.78, 5) is 17.1. The van der Waals surface area contributed by atoms with Gasteiger partial charge in [-0.2, -0.15) is 0 Å². The summed E-state index contributed by atoms with van der Waals surface area (Å²) < 4.78 is 5.85. The van der Waals surface area contributed by atoms with Crippen molar-refractivity contribution in [1.82, 2.24) is 10.3 Å². The highest BCUT2D eigenvalue weighted by Crippen LogP contribution is 2.21.